The van der Waals surface area contributed by atoms with Gasteiger partial charge < -0.3 is 5.73 Å². The van der Waals surface area contributed by atoms with Crippen LogP contribution in [0.3, 0.4) is 0 Å². The highest BCUT2D eigenvalue weighted by Gasteiger charge is 2.14. The molecule has 4 aromatic rings. The predicted molar refractivity (Wildman–Crippen MR) is 117 cm³/mol. The van der Waals surface area contributed by atoms with Gasteiger partial charge in [0.05, 0.1) is 5.69 Å². The lowest BCUT2D eigenvalue weighted by molar-refractivity contribution is 1.30. The van der Waals surface area contributed by atoms with Gasteiger partial charge in [-0.3, -0.25) is 0 Å². The largest absolute Gasteiger partial charge is 0.383 e. The molecule has 0 bridgehead atoms. The van der Waals surface area contributed by atoms with Gasteiger partial charge in [0.25, 0.3) is 0 Å². The van der Waals surface area contributed by atoms with Crippen LogP contribution in [0.2, 0.25) is 0 Å². The van der Waals surface area contributed by atoms with Gasteiger partial charge in [-0.2, -0.15) is 5.26 Å². The van der Waals surface area contributed by atoms with Crippen LogP contribution in [0.4, 0.5) is 5.82 Å². The van der Waals surface area contributed by atoms with Gasteiger partial charge in [-0.1, -0.05) is 88.7 Å². The number of nitrogen functional groups attached to an aromatic ring is 1. The van der Waals surface area contributed by atoms with Crippen molar-refractivity contribution >= 4 is 21.7 Å². The zero-order valence-electron chi connectivity index (χ0n) is 14.9. The van der Waals surface area contributed by atoms with E-state index in [9.17, 15) is 5.26 Å². The lowest BCUT2D eigenvalue weighted by atomic mass is 9.96. The molecule has 0 aliphatic carbocycles. The first-order chi connectivity index (χ1) is 13.7. The molecule has 2 N–H and O–H groups in total. The maximum Gasteiger partial charge on any atom is 0.142 e. The summed E-state index contributed by atoms with van der Waals surface area (Å²) in [5.74, 6) is 0.234. The topological polar surface area (TPSA) is 62.7 Å². The Labute approximate surface area is 172 Å². The number of nitriles is 1. The van der Waals surface area contributed by atoms with Crippen LogP contribution in [-0.2, 0) is 0 Å². The Bertz CT molecular complexity index is 1180. The minimum atomic E-state index is 0.234. The number of halogens is 1. The van der Waals surface area contributed by atoms with Crippen molar-refractivity contribution in [2.45, 2.75) is 0 Å². The number of nitrogens with zero attached hydrogens (tertiary/aromatic N) is 2. The van der Waals surface area contributed by atoms with Crippen molar-refractivity contribution in [3.63, 3.8) is 0 Å². The number of nitrogens with two attached hydrogens (primary N) is 1. The Hall–Kier alpha value is -3.42. The molecule has 28 heavy (non-hydrogen) atoms. The fourth-order valence-corrected chi connectivity index (χ4v) is 3.68. The van der Waals surface area contributed by atoms with Gasteiger partial charge in [0, 0.05) is 15.6 Å². The van der Waals surface area contributed by atoms with Gasteiger partial charge in [-0.05, 0) is 28.8 Å². The highest BCUT2D eigenvalue weighted by molar-refractivity contribution is 9.10. The van der Waals surface area contributed by atoms with Gasteiger partial charge in [0.15, 0.2) is 0 Å². The molecule has 0 fully saturated rings. The third-order valence-corrected chi connectivity index (χ3v) is 5.30. The summed E-state index contributed by atoms with van der Waals surface area (Å²) in [4.78, 5) is 4.45. The van der Waals surface area contributed by atoms with Gasteiger partial charge >= 0.3 is 0 Å². The van der Waals surface area contributed by atoms with Crippen molar-refractivity contribution in [2.75, 3.05) is 5.73 Å². The lowest BCUT2D eigenvalue weighted by Crippen LogP contribution is -2.00. The summed E-state index contributed by atoms with van der Waals surface area (Å²) in [6.07, 6.45) is 0. The molecule has 0 atom stereocenters. The average Bonchev–Trinajstić information content (AvgIpc) is 2.74. The first-order valence-corrected chi connectivity index (χ1v) is 9.58. The number of hydrogen-bond donors (Lipinski definition) is 1. The monoisotopic (exact) mass is 425 g/mol. The molecule has 3 aromatic carbocycles. The van der Waals surface area contributed by atoms with Crippen molar-refractivity contribution in [3.8, 4) is 39.6 Å². The highest BCUT2D eigenvalue weighted by Crippen LogP contribution is 2.34. The average molecular weight is 426 g/mol. The molecule has 0 aliphatic heterocycles. The maximum atomic E-state index is 9.63. The van der Waals surface area contributed by atoms with Crippen LogP contribution < -0.4 is 5.73 Å². The van der Waals surface area contributed by atoms with Gasteiger partial charge in [-0.25, -0.2) is 4.98 Å². The summed E-state index contributed by atoms with van der Waals surface area (Å²) in [5, 5.41) is 9.63. The van der Waals surface area contributed by atoms with E-state index in [1.807, 2.05) is 60.7 Å². The van der Waals surface area contributed by atoms with E-state index in [1.54, 1.807) is 0 Å². The Morgan fingerprint density at radius 2 is 1.36 bits per heavy atom. The minimum Gasteiger partial charge on any atom is -0.383 e. The zero-order chi connectivity index (χ0) is 19.5. The summed E-state index contributed by atoms with van der Waals surface area (Å²) in [6, 6.07) is 30.3. The Morgan fingerprint density at radius 3 is 2.04 bits per heavy atom. The Morgan fingerprint density at radius 1 is 0.750 bits per heavy atom. The zero-order valence-corrected chi connectivity index (χ0v) is 16.5. The van der Waals surface area contributed by atoms with Crippen molar-refractivity contribution in [1.29, 1.82) is 5.26 Å². The van der Waals surface area contributed by atoms with Crippen molar-refractivity contribution in [1.82, 2.24) is 4.98 Å². The van der Waals surface area contributed by atoms with Crippen molar-refractivity contribution in [2.24, 2.45) is 0 Å². The van der Waals surface area contributed by atoms with E-state index in [0.29, 0.717) is 5.56 Å². The summed E-state index contributed by atoms with van der Waals surface area (Å²) in [6.45, 7) is 0. The number of pyridine rings is 1. The Kier molecular flexibility index (Phi) is 4.92. The summed E-state index contributed by atoms with van der Waals surface area (Å²) in [7, 11) is 0. The van der Waals surface area contributed by atoms with E-state index in [1.165, 1.54) is 0 Å². The number of benzene rings is 3. The highest BCUT2D eigenvalue weighted by atomic mass is 79.9. The predicted octanol–water partition coefficient (Wildman–Crippen LogP) is 6.30. The standard InChI is InChI=1S/C24H16BrN3/c25-22-9-5-4-8-19(22)23-14-20(21(15-26)24(27)28-23)18-12-10-17(11-13-18)16-6-2-1-3-7-16/h1-14H,(H2,27,28). The quantitative estimate of drug-likeness (QED) is 0.418. The summed E-state index contributed by atoms with van der Waals surface area (Å²) < 4.78 is 0.928. The third kappa shape index (κ3) is 3.40. The van der Waals surface area contributed by atoms with Crippen molar-refractivity contribution in [3.05, 3.63) is 95.0 Å². The molecule has 0 unspecified atom stereocenters. The fraction of sp³-hybridized carbons (Fsp3) is 0. The maximum absolute atomic E-state index is 9.63. The van der Waals surface area contributed by atoms with Crippen LogP contribution >= 0.6 is 15.9 Å². The van der Waals surface area contributed by atoms with Gasteiger partial charge in [0.2, 0.25) is 0 Å². The molecule has 0 aliphatic rings. The first-order valence-electron chi connectivity index (χ1n) is 8.79. The molecular formula is C24H16BrN3. The third-order valence-electron chi connectivity index (χ3n) is 4.61. The molecule has 1 aromatic heterocycles. The molecule has 134 valence electrons. The molecule has 0 radical (unpaired) electrons. The fourth-order valence-electron chi connectivity index (χ4n) is 3.19. The van der Waals surface area contributed by atoms with E-state index in [2.05, 4.69) is 51.2 Å². The molecule has 0 spiro atoms. The van der Waals surface area contributed by atoms with Gasteiger partial charge in [0.1, 0.15) is 17.5 Å². The first kappa shape index (κ1) is 18.0. The molecule has 4 heteroatoms. The minimum absolute atomic E-state index is 0.234. The second-order valence-electron chi connectivity index (χ2n) is 6.35. The number of rotatable bonds is 3. The van der Waals surface area contributed by atoms with Gasteiger partial charge in [-0.15, -0.1) is 0 Å². The van der Waals surface area contributed by atoms with E-state index in [-0.39, 0.29) is 5.82 Å². The smallest absolute Gasteiger partial charge is 0.142 e. The van der Waals surface area contributed by atoms with Crippen LogP contribution in [-0.4, -0.2) is 4.98 Å². The molecule has 0 saturated carbocycles. The second kappa shape index (κ2) is 7.67. The molecule has 0 amide bonds. The number of anilines is 1. The van der Waals surface area contributed by atoms with E-state index < -0.39 is 0 Å². The second-order valence-corrected chi connectivity index (χ2v) is 7.20. The van der Waals surface area contributed by atoms with Crippen LogP contribution in [0, 0.1) is 11.3 Å². The van der Waals surface area contributed by atoms with Crippen LogP contribution in [0.1, 0.15) is 5.56 Å². The molecule has 0 saturated heterocycles. The Balaban J connectivity index is 1.83. The van der Waals surface area contributed by atoms with E-state index in [0.717, 1.165) is 38.0 Å². The van der Waals surface area contributed by atoms with Crippen LogP contribution in [0.15, 0.2) is 89.4 Å². The molecule has 1 heterocycles. The van der Waals surface area contributed by atoms with E-state index in [4.69, 9.17) is 5.73 Å². The normalized spacial score (nSPS) is 10.4. The lowest BCUT2D eigenvalue weighted by Gasteiger charge is -2.12. The number of hydrogen-bond acceptors (Lipinski definition) is 3. The SMILES string of the molecule is N#Cc1c(-c2ccc(-c3ccccc3)cc2)cc(-c2ccccc2Br)nc1N. The number of aromatic nitrogens is 1. The van der Waals surface area contributed by atoms with E-state index >= 15 is 0 Å². The molecule has 4 rings (SSSR count). The molecule has 3 nitrogen and oxygen atoms in total. The summed E-state index contributed by atoms with van der Waals surface area (Å²) >= 11 is 3.56. The van der Waals surface area contributed by atoms with Crippen LogP contribution in [0.25, 0.3) is 33.5 Å². The van der Waals surface area contributed by atoms with Crippen LogP contribution in [0.5, 0.6) is 0 Å². The van der Waals surface area contributed by atoms with Crippen molar-refractivity contribution < 1.29 is 0 Å². The molecular weight excluding hydrogens is 410 g/mol. The summed E-state index contributed by atoms with van der Waals surface area (Å²) in [5.41, 5.74) is 12.2.